The van der Waals surface area contributed by atoms with E-state index in [0.29, 0.717) is 11.7 Å². The van der Waals surface area contributed by atoms with Crippen molar-refractivity contribution >= 4 is 11.6 Å². The highest BCUT2D eigenvalue weighted by Gasteiger charge is 2.23. The molecule has 5 nitrogen and oxygen atoms in total. The van der Waals surface area contributed by atoms with Crippen molar-refractivity contribution in [3.63, 3.8) is 0 Å². The van der Waals surface area contributed by atoms with Gasteiger partial charge in [-0.25, -0.2) is 9.97 Å². The van der Waals surface area contributed by atoms with Crippen LogP contribution < -0.4 is 10.6 Å². The molecule has 0 spiro atoms. The molecule has 88 valence electrons. The minimum atomic E-state index is 0.248. The zero-order valence-corrected chi connectivity index (χ0v) is 9.56. The lowest BCUT2D eigenvalue weighted by Crippen LogP contribution is -2.22. The zero-order valence-electron chi connectivity index (χ0n) is 9.56. The van der Waals surface area contributed by atoms with E-state index in [-0.39, 0.29) is 6.61 Å². The molecule has 2 rings (SSSR count). The highest BCUT2D eigenvalue weighted by Crippen LogP contribution is 2.22. The summed E-state index contributed by atoms with van der Waals surface area (Å²) in [4.78, 5) is 10.8. The standard InChI is InChI=1S/C11H18N4O/c1-2-10-13-9(12)5-11(14-10)15-4-3-8(6-15)7-16/h5,8,16H,2-4,6-7H2,1H3,(H2,12,13,14). The van der Waals surface area contributed by atoms with E-state index in [1.807, 2.05) is 6.92 Å². The molecule has 2 heterocycles. The summed E-state index contributed by atoms with van der Waals surface area (Å²) in [5, 5.41) is 9.10. The van der Waals surface area contributed by atoms with Crippen LogP contribution >= 0.6 is 0 Å². The summed E-state index contributed by atoms with van der Waals surface area (Å²) in [5.41, 5.74) is 5.74. The average Bonchev–Trinajstić information content (AvgIpc) is 2.76. The number of nitrogens with zero attached hydrogens (tertiary/aromatic N) is 3. The third-order valence-corrected chi connectivity index (χ3v) is 2.96. The van der Waals surface area contributed by atoms with Gasteiger partial charge in [-0.1, -0.05) is 6.92 Å². The summed E-state index contributed by atoms with van der Waals surface area (Å²) in [7, 11) is 0. The number of hydrogen-bond donors (Lipinski definition) is 2. The summed E-state index contributed by atoms with van der Waals surface area (Å²) in [6, 6.07) is 1.80. The molecule has 1 aliphatic rings. The van der Waals surface area contributed by atoms with Gasteiger partial charge in [0.1, 0.15) is 17.5 Å². The number of rotatable bonds is 3. The number of nitrogen functional groups attached to an aromatic ring is 1. The normalized spacial score (nSPS) is 20.4. The van der Waals surface area contributed by atoms with Gasteiger partial charge in [-0.3, -0.25) is 0 Å². The van der Waals surface area contributed by atoms with Crippen LogP contribution in [0.15, 0.2) is 6.07 Å². The molecule has 16 heavy (non-hydrogen) atoms. The molecule has 1 aliphatic heterocycles. The van der Waals surface area contributed by atoms with E-state index < -0.39 is 0 Å². The topological polar surface area (TPSA) is 75.3 Å². The summed E-state index contributed by atoms with van der Waals surface area (Å²) >= 11 is 0. The second-order valence-electron chi connectivity index (χ2n) is 4.20. The van der Waals surface area contributed by atoms with Crippen LogP contribution in [-0.2, 0) is 6.42 Å². The molecule has 1 atom stereocenters. The van der Waals surface area contributed by atoms with Crippen LogP contribution in [0.4, 0.5) is 11.6 Å². The molecule has 0 aromatic carbocycles. The molecule has 0 amide bonds. The van der Waals surface area contributed by atoms with Crippen LogP contribution in [0.5, 0.6) is 0 Å². The first-order valence-corrected chi connectivity index (χ1v) is 5.72. The molecule has 1 aromatic heterocycles. The fraction of sp³-hybridized carbons (Fsp3) is 0.636. The van der Waals surface area contributed by atoms with Gasteiger partial charge in [0, 0.05) is 38.1 Å². The summed E-state index contributed by atoms with van der Waals surface area (Å²) in [5.74, 6) is 2.55. The fourth-order valence-electron chi connectivity index (χ4n) is 2.01. The van der Waals surface area contributed by atoms with Crippen LogP contribution in [0.1, 0.15) is 19.2 Å². The predicted molar refractivity (Wildman–Crippen MR) is 63.2 cm³/mol. The van der Waals surface area contributed by atoms with Gasteiger partial charge in [0.2, 0.25) is 0 Å². The highest BCUT2D eigenvalue weighted by molar-refractivity contribution is 5.47. The van der Waals surface area contributed by atoms with Gasteiger partial charge in [-0.2, -0.15) is 0 Å². The number of hydrogen-bond acceptors (Lipinski definition) is 5. The zero-order chi connectivity index (χ0) is 11.5. The number of nitrogens with two attached hydrogens (primary N) is 1. The van der Waals surface area contributed by atoms with Gasteiger partial charge in [-0.15, -0.1) is 0 Å². The molecular formula is C11H18N4O. The molecule has 0 bridgehead atoms. The van der Waals surface area contributed by atoms with Crippen molar-refractivity contribution in [3.05, 3.63) is 11.9 Å². The predicted octanol–water partition coefficient (Wildman–Crippen LogP) is 0.440. The number of anilines is 2. The van der Waals surface area contributed by atoms with E-state index in [4.69, 9.17) is 10.8 Å². The first-order valence-electron chi connectivity index (χ1n) is 5.72. The van der Waals surface area contributed by atoms with E-state index in [1.165, 1.54) is 0 Å². The fourth-order valence-corrected chi connectivity index (χ4v) is 2.01. The third-order valence-electron chi connectivity index (χ3n) is 2.96. The van der Waals surface area contributed by atoms with Crippen molar-refractivity contribution in [1.29, 1.82) is 0 Å². The van der Waals surface area contributed by atoms with E-state index in [0.717, 1.165) is 37.6 Å². The lowest BCUT2D eigenvalue weighted by Gasteiger charge is -2.17. The summed E-state index contributed by atoms with van der Waals surface area (Å²) in [6.07, 6.45) is 1.80. The Balaban J connectivity index is 2.17. The van der Waals surface area contributed by atoms with Crippen molar-refractivity contribution < 1.29 is 5.11 Å². The minimum absolute atomic E-state index is 0.248. The Morgan fingerprint density at radius 1 is 1.56 bits per heavy atom. The largest absolute Gasteiger partial charge is 0.396 e. The number of aryl methyl sites for hydroxylation is 1. The summed E-state index contributed by atoms with van der Waals surface area (Å²) in [6.45, 7) is 4.05. The van der Waals surface area contributed by atoms with E-state index in [9.17, 15) is 0 Å². The molecule has 3 N–H and O–H groups in total. The SMILES string of the molecule is CCc1nc(N)cc(N2CCC(CO)C2)n1. The molecule has 1 aromatic rings. The first kappa shape index (κ1) is 11.1. The molecule has 1 saturated heterocycles. The number of aromatic nitrogens is 2. The molecule has 0 aliphatic carbocycles. The number of aliphatic hydroxyl groups is 1. The Hall–Kier alpha value is -1.36. The lowest BCUT2D eigenvalue weighted by atomic mass is 10.1. The van der Waals surface area contributed by atoms with Crippen LogP contribution in [0.2, 0.25) is 0 Å². The maximum atomic E-state index is 9.10. The maximum Gasteiger partial charge on any atom is 0.134 e. The van der Waals surface area contributed by atoms with Crippen molar-refractivity contribution in [1.82, 2.24) is 9.97 Å². The highest BCUT2D eigenvalue weighted by atomic mass is 16.3. The van der Waals surface area contributed by atoms with Gasteiger partial charge in [0.25, 0.3) is 0 Å². The Labute approximate surface area is 95.3 Å². The van der Waals surface area contributed by atoms with Crippen molar-refractivity contribution in [2.45, 2.75) is 19.8 Å². The van der Waals surface area contributed by atoms with Crippen LogP contribution in [-0.4, -0.2) is 34.8 Å². The van der Waals surface area contributed by atoms with E-state index in [1.54, 1.807) is 6.07 Å². The van der Waals surface area contributed by atoms with Crippen LogP contribution in [0.3, 0.4) is 0 Å². The van der Waals surface area contributed by atoms with Crippen molar-refractivity contribution in [2.75, 3.05) is 30.3 Å². The minimum Gasteiger partial charge on any atom is -0.396 e. The Bertz CT molecular complexity index is 369. The Morgan fingerprint density at radius 2 is 2.38 bits per heavy atom. The Kier molecular flexibility index (Phi) is 3.24. The second-order valence-corrected chi connectivity index (χ2v) is 4.20. The quantitative estimate of drug-likeness (QED) is 0.776. The van der Waals surface area contributed by atoms with Crippen LogP contribution in [0, 0.1) is 5.92 Å². The smallest absolute Gasteiger partial charge is 0.134 e. The van der Waals surface area contributed by atoms with Crippen molar-refractivity contribution in [2.24, 2.45) is 5.92 Å². The van der Waals surface area contributed by atoms with E-state index in [2.05, 4.69) is 14.9 Å². The molecule has 0 saturated carbocycles. The van der Waals surface area contributed by atoms with Gasteiger partial charge in [0.15, 0.2) is 0 Å². The maximum absolute atomic E-state index is 9.10. The molecule has 1 fully saturated rings. The lowest BCUT2D eigenvalue weighted by molar-refractivity contribution is 0.238. The van der Waals surface area contributed by atoms with E-state index >= 15 is 0 Å². The molecule has 5 heteroatoms. The van der Waals surface area contributed by atoms with Gasteiger partial charge < -0.3 is 15.7 Å². The molecule has 1 unspecified atom stereocenters. The van der Waals surface area contributed by atoms with Crippen LogP contribution in [0.25, 0.3) is 0 Å². The Morgan fingerprint density at radius 3 is 3.00 bits per heavy atom. The van der Waals surface area contributed by atoms with Gasteiger partial charge in [0.05, 0.1) is 0 Å². The van der Waals surface area contributed by atoms with Gasteiger partial charge >= 0.3 is 0 Å². The second kappa shape index (κ2) is 4.65. The number of aliphatic hydroxyl groups excluding tert-OH is 1. The monoisotopic (exact) mass is 222 g/mol. The first-order chi connectivity index (χ1) is 7.72. The average molecular weight is 222 g/mol. The summed E-state index contributed by atoms with van der Waals surface area (Å²) < 4.78 is 0. The van der Waals surface area contributed by atoms with Crippen molar-refractivity contribution in [3.8, 4) is 0 Å². The molecule has 0 radical (unpaired) electrons. The third kappa shape index (κ3) is 2.24. The van der Waals surface area contributed by atoms with Gasteiger partial charge in [-0.05, 0) is 6.42 Å². The molecular weight excluding hydrogens is 204 g/mol.